The zero-order chi connectivity index (χ0) is 17.2. The third kappa shape index (κ3) is 5.62. The van der Waals surface area contributed by atoms with Crippen LogP contribution in [-0.2, 0) is 0 Å². The Morgan fingerprint density at radius 2 is 1.96 bits per heavy atom. The molecule has 0 atom stereocenters. The molecule has 5 heteroatoms. The monoisotopic (exact) mass is 330 g/mol. The summed E-state index contributed by atoms with van der Waals surface area (Å²) in [5, 5.41) is 2.95. The van der Waals surface area contributed by atoms with Crippen LogP contribution < -0.4 is 10.2 Å². The van der Waals surface area contributed by atoms with Crippen molar-refractivity contribution < 1.29 is 4.79 Å². The number of hydrogen-bond donors (Lipinski definition) is 1. The molecule has 0 saturated heterocycles. The lowest BCUT2D eigenvalue weighted by molar-refractivity contribution is 0.0948. The average molecular weight is 330 g/mol. The second-order valence-corrected chi connectivity index (χ2v) is 6.36. The minimum absolute atomic E-state index is 0.136. The van der Waals surface area contributed by atoms with E-state index in [0.717, 1.165) is 38.2 Å². The number of carbonyl (C=O) groups excluding carboxylic acids is 1. The highest BCUT2D eigenvalue weighted by Gasteiger charge is 2.11. The number of amides is 1. The highest BCUT2D eigenvalue weighted by Crippen LogP contribution is 2.19. The van der Waals surface area contributed by atoms with E-state index in [4.69, 9.17) is 0 Å². The summed E-state index contributed by atoms with van der Waals surface area (Å²) in [7, 11) is 0. The Morgan fingerprint density at radius 1 is 1.17 bits per heavy atom. The van der Waals surface area contributed by atoms with Crippen molar-refractivity contribution in [2.45, 2.75) is 58.8 Å². The summed E-state index contributed by atoms with van der Waals surface area (Å²) in [6, 6.07) is 0. The van der Waals surface area contributed by atoms with Crippen LogP contribution in [0.4, 0.5) is 5.82 Å². The fourth-order valence-corrected chi connectivity index (χ4v) is 3.04. The molecule has 0 aliphatic heterocycles. The van der Waals surface area contributed by atoms with Gasteiger partial charge in [0.05, 0.1) is 12.4 Å². The lowest BCUT2D eigenvalue weighted by Crippen LogP contribution is -2.28. The van der Waals surface area contributed by atoms with Gasteiger partial charge in [0.25, 0.3) is 5.91 Å². The SMILES string of the molecule is CCCN(CCC)c1cnc(C(=O)NCCC2=CCCCC2)cn1. The summed E-state index contributed by atoms with van der Waals surface area (Å²) in [5.74, 6) is 0.714. The van der Waals surface area contributed by atoms with Crippen molar-refractivity contribution in [3.8, 4) is 0 Å². The zero-order valence-corrected chi connectivity index (χ0v) is 15.1. The standard InChI is InChI=1S/C19H30N4O/c1-3-12-23(13-4-2)18-15-21-17(14-22-18)19(24)20-11-10-16-8-6-5-7-9-16/h8,14-15H,3-7,9-13H2,1-2H3,(H,20,24). The summed E-state index contributed by atoms with van der Waals surface area (Å²) in [6.07, 6.45) is 13.6. The van der Waals surface area contributed by atoms with E-state index in [1.165, 1.54) is 31.3 Å². The smallest absolute Gasteiger partial charge is 0.271 e. The fraction of sp³-hybridized carbons (Fsp3) is 0.632. The van der Waals surface area contributed by atoms with Crippen molar-refractivity contribution >= 4 is 11.7 Å². The lowest BCUT2D eigenvalue weighted by Gasteiger charge is -2.22. The molecule has 1 aromatic rings. The van der Waals surface area contributed by atoms with Gasteiger partial charge in [-0.15, -0.1) is 0 Å². The van der Waals surface area contributed by atoms with E-state index < -0.39 is 0 Å². The molecule has 0 radical (unpaired) electrons. The minimum Gasteiger partial charge on any atom is -0.355 e. The number of carbonyl (C=O) groups is 1. The summed E-state index contributed by atoms with van der Waals surface area (Å²) in [4.78, 5) is 23.1. The number of allylic oxidation sites excluding steroid dienone is 1. The zero-order valence-electron chi connectivity index (χ0n) is 15.1. The predicted octanol–water partition coefficient (Wildman–Crippen LogP) is 3.72. The molecule has 1 aliphatic carbocycles. The molecule has 2 rings (SSSR count). The minimum atomic E-state index is -0.136. The molecule has 0 spiro atoms. The third-order valence-electron chi connectivity index (χ3n) is 4.30. The first-order valence-electron chi connectivity index (χ1n) is 9.27. The van der Waals surface area contributed by atoms with Gasteiger partial charge in [-0.2, -0.15) is 0 Å². The van der Waals surface area contributed by atoms with Crippen molar-refractivity contribution in [3.63, 3.8) is 0 Å². The number of aromatic nitrogens is 2. The largest absolute Gasteiger partial charge is 0.355 e. The van der Waals surface area contributed by atoms with Crippen LogP contribution in [-0.4, -0.2) is 35.5 Å². The van der Waals surface area contributed by atoms with Crippen molar-refractivity contribution in [2.24, 2.45) is 0 Å². The molecule has 1 aliphatic rings. The van der Waals surface area contributed by atoms with Crippen LogP contribution in [0.3, 0.4) is 0 Å². The van der Waals surface area contributed by atoms with Crippen molar-refractivity contribution in [2.75, 3.05) is 24.5 Å². The second kappa shape index (κ2) is 10.1. The van der Waals surface area contributed by atoms with Gasteiger partial charge in [0.1, 0.15) is 11.5 Å². The molecular formula is C19H30N4O. The molecule has 0 aromatic carbocycles. The molecule has 1 N–H and O–H groups in total. The van der Waals surface area contributed by atoms with E-state index >= 15 is 0 Å². The first-order valence-corrected chi connectivity index (χ1v) is 9.27. The van der Waals surface area contributed by atoms with Gasteiger partial charge in [-0.25, -0.2) is 9.97 Å². The van der Waals surface area contributed by atoms with Crippen molar-refractivity contribution in [1.82, 2.24) is 15.3 Å². The summed E-state index contributed by atoms with van der Waals surface area (Å²) in [5.41, 5.74) is 1.86. The molecule has 5 nitrogen and oxygen atoms in total. The number of rotatable bonds is 9. The van der Waals surface area contributed by atoms with Gasteiger partial charge in [0.15, 0.2) is 0 Å². The number of hydrogen-bond acceptors (Lipinski definition) is 4. The normalized spacial score (nSPS) is 14.2. The molecule has 24 heavy (non-hydrogen) atoms. The van der Waals surface area contributed by atoms with Crippen LogP contribution in [0.2, 0.25) is 0 Å². The van der Waals surface area contributed by atoms with Gasteiger partial charge in [-0.3, -0.25) is 4.79 Å². The number of nitrogens with zero attached hydrogens (tertiary/aromatic N) is 3. The Balaban J connectivity index is 1.84. The topological polar surface area (TPSA) is 58.1 Å². The van der Waals surface area contributed by atoms with Gasteiger partial charge < -0.3 is 10.2 Å². The maximum absolute atomic E-state index is 12.2. The first kappa shape index (κ1) is 18.4. The molecule has 0 unspecified atom stereocenters. The Hall–Kier alpha value is -1.91. The summed E-state index contributed by atoms with van der Waals surface area (Å²) in [6.45, 7) is 6.90. The Bertz CT molecular complexity index is 533. The van der Waals surface area contributed by atoms with Gasteiger partial charge in [0.2, 0.25) is 0 Å². The second-order valence-electron chi connectivity index (χ2n) is 6.36. The van der Waals surface area contributed by atoms with E-state index in [1.54, 1.807) is 12.4 Å². The molecule has 0 saturated carbocycles. The van der Waals surface area contributed by atoms with Crippen LogP contribution in [0.25, 0.3) is 0 Å². The van der Waals surface area contributed by atoms with E-state index in [2.05, 4.69) is 40.1 Å². The highest BCUT2D eigenvalue weighted by atomic mass is 16.1. The van der Waals surface area contributed by atoms with E-state index in [1.807, 2.05) is 0 Å². The molecular weight excluding hydrogens is 300 g/mol. The number of nitrogens with one attached hydrogen (secondary N) is 1. The highest BCUT2D eigenvalue weighted by molar-refractivity contribution is 5.92. The van der Waals surface area contributed by atoms with E-state index in [9.17, 15) is 4.79 Å². The molecule has 132 valence electrons. The van der Waals surface area contributed by atoms with Gasteiger partial charge in [-0.05, 0) is 44.9 Å². The maximum Gasteiger partial charge on any atom is 0.271 e. The predicted molar refractivity (Wildman–Crippen MR) is 98.3 cm³/mol. The quantitative estimate of drug-likeness (QED) is 0.701. The third-order valence-corrected chi connectivity index (χ3v) is 4.30. The van der Waals surface area contributed by atoms with Gasteiger partial charge >= 0.3 is 0 Å². The van der Waals surface area contributed by atoms with Crippen LogP contribution in [0.15, 0.2) is 24.0 Å². The molecule has 0 bridgehead atoms. The maximum atomic E-state index is 12.2. The Morgan fingerprint density at radius 3 is 2.54 bits per heavy atom. The van der Waals surface area contributed by atoms with E-state index in [-0.39, 0.29) is 5.91 Å². The van der Waals surface area contributed by atoms with Crippen LogP contribution in [0, 0.1) is 0 Å². The summed E-state index contributed by atoms with van der Waals surface area (Å²) < 4.78 is 0. The molecule has 1 aromatic heterocycles. The first-order chi connectivity index (χ1) is 11.7. The molecule has 1 amide bonds. The Kier molecular flexibility index (Phi) is 7.72. The molecule has 1 heterocycles. The average Bonchev–Trinajstić information content (AvgIpc) is 2.62. The van der Waals surface area contributed by atoms with Crippen molar-refractivity contribution in [1.29, 1.82) is 0 Å². The van der Waals surface area contributed by atoms with Crippen molar-refractivity contribution in [3.05, 3.63) is 29.7 Å². The van der Waals surface area contributed by atoms with Crippen LogP contribution >= 0.6 is 0 Å². The van der Waals surface area contributed by atoms with Gasteiger partial charge in [-0.1, -0.05) is 25.5 Å². The fourth-order valence-electron chi connectivity index (χ4n) is 3.04. The number of anilines is 1. The van der Waals surface area contributed by atoms with Crippen LogP contribution in [0.5, 0.6) is 0 Å². The van der Waals surface area contributed by atoms with Gasteiger partial charge in [0, 0.05) is 19.6 Å². The van der Waals surface area contributed by atoms with Crippen LogP contribution in [0.1, 0.15) is 69.3 Å². The lowest BCUT2D eigenvalue weighted by atomic mass is 9.97. The van der Waals surface area contributed by atoms with E-state index in [0.29, 0.717) is 12.2 Å². The Labute approximate surface area is 145 Å². The molecule has 0 fully saturated rings. The summed E-state index contributed by atoms with van der Waals surface area (Å²) >= 11 is 0.